The standard InChI is InChI=1S/C40H45N2/c1-2-4-17-30(18-5-3-1)42(40-37-25-12-8-21-33(37)34-22-9-13-26-38(34)40)27-15-14-16-29(28-41-42)39-35-23-10-6-19-31(35)32-20-7-11-24-36(32)39/h6-13,19-26,29-30,39-41H,1-5,14-18,27-28H2/q+1. The van der Waals surface area contributed by atoms with Crippen LogP contribution in [0.4, 0.5) is 0 Å². The first-order valence-corrected chi connectivity index (χ1v) is 16.8. The quantitative estimate of drug-likeness (QED) is 0.249. The van der Waals surface area contributed by atoms with Gasteiger partial charge in [-0.2, -0.15) is 5.43 Å². The lowest BCUT2D eigenvalue weighted by Gasteiger charge is -2.51. The molecular weight excluding hydrogens is 508 g/mol. The minimum Gasteiger partial charge on any atom is -0.233 e. The molecule has 1 heterocycles. The Morgan fingerprint density at radius 2 is 0.929 bits per heavy atom. The number of rotatable bonds is 3. The summed E-state index contributed by atoms with van der Waals surface area (Å²) in [7, 11) is 0. The number of benzene rings is 4. The maximum atomic E-state index is 4.50. The van der Waals surface area contributed by atoms with Crippen LogP contribution >= 0.6 is 0 Å². The minimum atomic E-state index is 0.365. The minimum absolute atomic E-state index is 0.365. The Morgan fingerprint density at radius 3 is 1.50 bits per heavy atom. The van der Waals surface area contributed by atoms with Gasteiger partial charge in [-0.3, -0.25) is 0 Å². The molecule has 42 heavy (non-hydrogen) atoms. The molecule has 4 aliphatic rings. The summed E-state index contributed by atoms with van der Waals surface area (Å²) in [5.41, 5.74) is 16.5. The summed E-state index contributed by atoms with van der Waals surface area (Å²) in [6, 6.07) is 38.2. The molecule has 1 N–H and O–H groups in total. The lowest BCUT2D eigenvalue weighted by molar-refractivity contribution is -1.01. The van der Waals surface area contributed by atoms with Crippen molar-refractivity contribution in [1.29, 1.82) is 0 Å². The monoisotopic (exact) mass is 553 g/mol. The number of nitrogens with one attached hydrogen (secondary N) is 1. The molecule has 8 rings (SSSR count). The Kier molecular flexibility index (Phi) is 7.01. The number of nitrogens with zero attached hydrogens (tertiary/aromatic N) is 1. The van der Waals surface area contributed by atoms with Crippen LogP contribution < -0.4 is 5.43 Å². The van der Waals surface area contributed by atoms with Crippen molar-refractivity contribution in [3.8, 4) is 22.3 Å². The smallest absolute Gasteiger partial charge is 0.159 e. The first kappa shape index (κ1) is 26.4. The fraction of sp³-hybridized carbons (Fsp3) is 0.400. The number of hydrogen-bond donors (Lipinski definition) is 1. The molecule has 1 saturated carbocycles. The van der Waals surface area contributed by atoms with E-state index in [1.807, 2.05) is 0 Å². The van der Waals surface area contributed by atoms with Gasteiger partial charge in [0.1, 0.15) is 6.04 Å². The Morgan fingerprint density at radius 1 is 0.476 bits per heavy atom. The molecule has 2 unspecified atom stereocenters. The summed E-state index contributed by atoms with van der Waals surface area (Å²) < 4.78 is 1.04. The first-order chi connectivity index (χ1) is 20.9. The van der Waals surface area contributed by atoms with Gasteiger partial charge >= 0.3 is 0 Å². The molecule has 2 fully saturated rings. The highest BCUT2D eigenvalue weighted by atomic mass is 15.7. The van der Waals surface area contributed by atoms with Crippen LogP contribution in [-0.2, 0) is 0 Å². The van der Waals surface area contributed by atoms with Gasteiger partial charge in [0.05, 0.1) is 6.54 Å². The fourth-order valence-electron chi connectivity index (χ4n) is 9.50. The van der Waals surface area contributed by atoms with E-state index in [4.69, 9.17) is 0 Å². The molecule has 214 valence electrons. The fourth-order valence-corrected chi connectivity index (χ4v) is 9.50. The average Bonchev–Trinajstić information content (AvgIpc) is 3.52. The molecule has 1 saturated heterocycles. The second-order valence-corrected chi connectivity index (χ2v) is 13.5. The third kappa shape index (κ3) is 4.29. The highest BCUT2D eigenvalue weighted by Crippen LogP contribution is 2.53. The molecule has 4 aromatic rings. The van der Waals surface area contributed by atoms with Gasteiger partial charge in [-0.15, -0.1) is 0 Å². The van der Waals surface area contributed by atoms with Crippen molar-refractivity contribution in [2.24, 2.45) is 5.92 Å². The second-order valence-electron chi connectivity index (χ2n) is 13.5. The Hall–Kier alpha value is -3.20. The number of quaternary nitrogens is 1. The van der Waals surface area contributed by atoms with Crippen LogP contribution in [-0.4, -0.2) is 23.7 Å². The Bertz CT molecular complexity index is 1470. The van der Waals surface area contributed by atoms with Crippen LogP contribution in [0.15, 0.2) is 97.1 Å². The number of hydrogen-bond acceptors (Lipinski definition) is 1. The van der Waals surface area contributed by atoms with Crippen molar-refractivity contribution in [2.45, 2.75) is 82.2 Å². The molecule has 1 aliphatic heterocycles. The van der Waals surface area contributed by atoms with Crippen molar-refractivity contribution in [3.63, 3.8) is 0 Å². The zero-order chi connectivity index (χ0) is 27.9. The van der Waals surface area contributed by atoms with Crippen molar-refractivity contribution >= 4 is 0 Å². The number of fused-ring (bicyclic) bond motifs is 6. The van der Waals surface area contributed by atoms with E-state index in [1.165, 1.54) is 93.0 Å². The highest BCUT2D eigenvalue weighted by molar-refractivity contribution is 5.79. The summed E-state index contributed by atoms with van der Waals surface area (Å²) >= 11 is 0. The summed E-state index contributed by atoms with van der Waals surface area (Å²) in [4.78, 5) is 0. The molecule has 0 bridgehead atoms. The molecule has 2 heteroatoms. The summed E-state index contributed by atoms with van der Waals surface area (Å²) in [6.45, 7) is 2.30. The van der Waals surface area contributed by atoms with Gasteiger partial charge in [0.15, 0.2) is 6.04 Å². The van der Waals surface area contributed by atoms with Gasteiger partial charge in [-0.1, -0.05) is 116 Å². The van der Waals surface area contributed by atoms with Crippen LogP contribution in [0, 0.1) is 5.92 Å². The van der Waals surface area contributed by atoms with Gasteiger partial charge in [0.2, 0.25) is 0 Å². The van der Waals surface area contributed by atoms with Crippen LogP contribution in [0.1, 0.15) is 98.4 Å². The normalized spacial score (nSPS) is 24.9. The summed E-state index contributed by atoms with van der Waals surface area (Å²) in [5.74, 6) is 1.07. The third-order valence-electron chi connectivity index (χ3n) is 11.3. The van der Waals surface area contributed by atoms with Crippen LogP contribution in [0.25, 0.3) is 22.3 Å². The van der Waals surface area contributed by atoms with E-state index in [1.54, 1.807) is 22.3 Å². The molecule has 0 aromatic heterocycles. The lowest BCUT2D eigenvalue weighted by Crippen LogP contribution is -2.67. The van der Waals surface area contributed by atoms with Gasteiger partial charge in [-0.25, -0.2) is 4.59 Å². The molecule has 2 nitrogen and oxygen atoms in total. The zero-order valence-electron chi connectivity index (χ0n) is 25.0. The second kappa shape index (κ2) is 11.1. The third-order valence-corrected chi connectivity index (χ3v) is 11.3. The maximum Gasteiger partial charge on any atom is 0.159 e. The van der Waals surface area contributed by atoms with E-state index in [0.29, 0.717) is 23.9 Å². The average molecular weight is 554 g/mol. The topological polar surface area (TPSA) is 12.0 Å². The molecular formula is C40H45N2+. The van der Waals surface area contributed by atoms with Crippen molar-refractivity contribution < 1.29 is 4.59 Å². The van der Waals surface area contributed by atoms with Crippen molar-refractivity contribution in [2.75, 3.05) is 13.1 Å². The van der Waals surface area contributed by atoms with Crippen LogP contribution in [0.3, 0.4) is 0 Å². The van der Waals surface area contributed by atoms with Crippen molar-refractivity contribution in [3.05, 3.63) is 119 Å². The predicted molar refractivity (Wildman–Crippen MR) is 174 cm³/mol. The zero-order valence-corrected chi connectivity index (χ0v) is 25.0. The largest absolute Gasteiger partial charge is 0.233 e. The molecule has 0 amide bonds. The van der Waals surface area contributed by atoms with Crippen molar-refractivity contribution in [1.82, 2.24) is 5.43 Å². The van der Waals surface area contributed by atoms with Crippen LogP contribution in [0.5, 0.6) is 0 Å². The maximum absolute atomic E-state index is 4.50. The van der Waals surface area contributed by atoms with E-state index in [2.05, 4.69) is 102 Å². The van der Waals surface area contributed by atoms with Crippen LogP contribution in [0.2, 0.25) is 0 Å². The molecule has 3 aliphatic carbocycles. The van der Waals surface area contributed by atoms with Gasteiger partial charge in [-0.05, 0) is 71.4 Å². The molecule has 4 aromatic carbocycles. The molecule has 0 spiro atoms. The van der Waals surface area contributed by atoms with E-state index < -0.39 is 0 Å². The SMILES string of the molecule is c1ccc2c(c1)-c1ccccc1C2C1CCCC[N+](C2CCCCCCC2)(C2c3ccccc3-c3ccccc32)NC1. The first-order valence-electron chi connectivity index (χ1n) is 16.8. The Labute approximate surface area is 252 Å². The lowest BCUT2D eigenvalue weighted by atomic mass is 9.80. The van der Waals surface area contributed by atoms with E-state index >= 15 is 0 Å². The predicted octanol–water partition coefficient (Wildman–Crippen LogP) is 9.80. The Balaban J connectivity index is 1.23. The summed E-state index contributed by atoms with van der Waals surface area (Å²) in [6.07, 6.45) is 13.5. The van der Waals surface area contributed by atoms with E-state index in [9.17, 15) is 0 Å². The van der Waals surface area contributed by atoms with Gasteiger partial charge < -0.3 is 0 Å². The summed E-state index contributed by atoms with van der Waals surface area (Å²) in [5, 5.41) is 0. The van der Waals surface area contributed by atoms with Gasteiger partial charge in [0, 0.05) is 36.4 Å². The molecule has 2 atom stereocenters. The van der Waals surface area contributed by atoms with E-state index in [0.717, 1.165) is 11.1 Å². The highest BCUT2D eigenvalue weighted by Gasteiger charge is 2.50. The molecule has 0 radical (unpaired) electrons. The van der Waals surface area contributed by atoms with E-state index in [-0.39, 0.29) is 0 Å². The van der Waals surface area contributed by atoms with Gasteiger partial charge in [0.25, 0.3) is 0 Å².